The van der Waals surface area contributed by atoms with Gasteiger partial charge in [-0.2, -0.15) is 5.10 Å². The molecule has 0 aliphatic carbocycles. The second-order valence-electron chi connectivity index (χ2n) is 4.13. The zero-order valence-electron chi connectivity index (χ0n) is 10.5. The molecule has 0 saturated carbocycles. The van der Waals surface area contributed by atoms with Gasteiger partial charge in [0.05, 0.1) is 16.6 Å². The fourth-order valence-corrected chi connectivity index (χ4v) is 2.73. The lowest BCUT2D eigenvalue weighted by atomic mass is 10.2. The highest BCUT2D eigenvalue weighted by molar-refractivity contribution is 7.99. The number of carboxylic acids is 1. The molecule has 0 bridgehead atoms. The second-order valence-corrected chi connectivity index (χ2v) is 5.19. The summed E-state index contributed by atoms with van der Waals surface area (Å²) >= 11 is 1.37. The minimum absolute atomic E-state index is 0.199. The van der Waals surface area contributed by atoms with Gasteiger partial charge in [0.2, 0.25) is 5.82 Å². The molecule has 20 heavy (non-hydrogen) atoms. The number of carboxylic acid groups (broad SMARTS) is 1. The van der Waals surface area contributed by atoms with Gasteiger partial charge in [0.15, 0.2) is 0 Å². The third-order valence-electron chi connectivity index (χ3n) is 2.66. The summed E-state index contributed by atoms with van der Waals surface area (Å²) in [5, 5.41) is 14.6. The van der Waals surface area contributed by atoms with E-state index in [2.05, 4.69) is 15.1 Å². The summed E-state index contributed by atoms with van der Waals surface area (Å²) in [6.45, 7) is 0. The Morgan fingerprint density at radius 3 is 2.80 bits per heavy atom. The highest BCUT2D eigenvalue weighted by Crippen LogP contribution is 2.31. The largest absolute Gasteiger partial charge is 0.475 e. The molecule has 0 aliphatic heterocycles. The normalized spacial score (nSPS) is 10.8. The van der Waals surface area contributed by atoms with Gasteiger partial charge < -0.3 is 5.11 Å². The zero-order valence-corrected chi connectivity index (χ0v) is 11.3. The van der Waals surface area contributed by atoms with E-state index in [1.807, 2.05) is 31.4 Å². The SMILES string of the molecule is Cn1cc(Sc2nc(C(=O)O)nc3ccccc23)cn1. The van der Waals surface area contributed by atoms with Crippen molar-refractivity contribution in [1.29, 1.82) is 0 Å². The van der Waals surface area contributed by atoms with E-state index in [-0.39, 0.29) is 5.82 Å². The van der Waals surface area contributed by atoms with Crippen LogP contribution in [-0.2, 0) is 7.05 Å². The van der Waals surface area contributed by atoms with Crippen molar-refractivity contribution in [3.05, 3.63) is 42.5 Å². The molecule has 0 amide bonds. The fraction of sp³-hybridized carbons (Fsp3) is 0.0769. The van der Waals surface area contributed by atoms with Crippen LogP contribution in [0, 0.1) is 0 Å². The lowest BCUT2D eigenvalue weighted by Crippen LogP contribution is -2.05. The van der Waals surface area contributed by atoms with Crippen LogP contribution in [0.2, 0.25) is 0 Å². The van der Waals surface area contributed by atoms with E-state index in [1.54, 1.807) is 16.9 Å². The molecule has 6 nitrogen and oxygen atoms in total. The third-order valence-corrected chi connectivity index (χ3v) is 3.61. The zero-order chi connectivity index (χ0) is 14.1. The molecule has 2 aromatic heterocycles. The molecule has 3 rings (SSSR count). The molecule has 0 atom stereocenters. The maximum Gasteiger partial charge on any atom is 0.373 e. The van der Waals surface area contributed by atoms with Crippen LogP contribution in [0.3, 0.4) is 0 Å². The number of nitrogens with zero attached hydrogens (tertiary/aromatic N) is 4. The number of para-hydroxylation sites is 1. The van der Waals surface area contributed by atoms with Crippen LogP contribution in [0.4, 0.5) is 0 Å². The predicted molar refractivity (Wildman–Crippen MR) is 73.8 cm³/mol. The van der Waals surface area contributed by atoms with Gasteiger partial charge in [-0.05, 0) is 6.07 Å². The molecule has 0 spiro atoms. The topological polar surface area (TPSA) is 80.9 Å². The first-order chi connectivity index (χ1) is 9.63. The number of carbonyl (C=O) groups is 1. The van der Waals surface area contributed by atoms with Crippen molar-refractivity contribution >= 4 is 28.6 Å². The van der Waals surface area contributed by atoms with Crippen molar-refractivity contribution in [2.45, 2.75) is 9.92 Å². The highest BCUT2D eigenvalue weighted by Gasteiger charge is 2.14. The van der Waals surface area contributed by atoms with E-state index in [4.69, 9.17) is 5.11 Å². The highest BCUT2D eigenvalue weighted by atomic mass is 32.2. The van der Waals surface area contributed by atoms with Crippen LogP contribution in [0.25, 0.3) is 10.9 Å². The summed E-state index contributed by atoms with van der Waals surface area (Å²) in [6, 6.07) is 7.34. The summed E-state index contributed by atoms with van der Waals surface area (Å²) in [5.41, 5.74) is 0.617. The van der Waals surface area contributed by atoms with E-state index in [1.165, 1.54) is 11.8 Å². The average molecular weight is 286 g/mol. The molecule has 2 heterocycles. The van der Waals surface area contributed by atoms with Gasteiger partial charge in [0.25, 0.3) is 0 Å². The lowest BCUT2D eigenvalue weighted by molar-refractivity contribution is 0.0683. The molecule has 100 valence electrons. The molecule has 0 saturated heterocycles. The smallest absolute Gasteiger partial charge is 0.373 e. The minimum atomic E-state index is -1.14. The predicted octanol–water partition coefficient (Wildman–Crippen LogP) is 2.21. The molecule has 0 fully saturated rings. The average Bonchev–Trinajstić information content (AvgIpc) is 2.84. The standard InChI is InChI=1S/C13H10N4O2S/c1-17-7-8(6-14-17)20-12-9-4-2-3-5-10(9)15-11(16-12)13(18)19/h2-7H,1H3,(H,18,19). The van der Waals surface area contributed by atoms with Crippen LogP contribution < -0.4 is 0 Å². The molecule has 0 radical (unpaired) electrons. The lowest BCUT2D eigenvalue weighted by Gasteiger charge is -2.05. The van der Waals surface area contributed by atoms with Crippen molar-refractivity contribution in [1.82, 2.24) is 19.7 Å². The summed E-state index contributed by atoms with van der Waals surface area (Å²) in [6.07, 6.45) is 3.56. The van der Waals surface area contributed by atoms with Crippen molar-refractivity contribution in [3.8, 4) is 0 Å². The van der Waals surface area contributed by atoms with Gasteiger partial charge in [-0.1, -0.05) is 30.0 Å². The Hall–Kier alpha value is -2.41. The monoisotopic (exact) mass is 286 g/mol. The van der Waals surface area contributed by atoms with Gasteiger partial charge in [0, 0.05) is 18.6 Å². The molecular weight excluding hydrogens is 276 g/mol. The number of aromatic carboxylic acids is 1. The number of hydrogen-bond acceptors (Lipinski definition) is 5. The molecule has 7 heteroatoms. The van der Waals surface area contributed by atoms with E-state index >= 15 is 0 Å². The molecule has 3 aromatic rings. The fourth-order valence-electron chi connectivity index (χ4n) is 1.78. The third kappa shape index (κ3) is 2.35. The van der Waals surface area contributed by atoms with Gasteiger partial charge in [-0.25, -0.2) is 14.8 Å². The Bertz CT molecular complexity index is 800. The first-order valence-electron chi connectivity index (χ1n) is 5.80. The van der Waals surface area contributed by atoms with Gasteiger partial charge in [-0.15, -0.1) is 0 Å². The summed E-state index contributed by atoms with van der Waals surface area (Å²) < 4.78 is 1.68. The number of aromatic nitrogens is 4. The molecule has 0 unspecified atom stereocenters. The summed E-state index contributed by atoms with van der Waals surface area (Å²) in [4.78, 5) is 20.2. The number of fused-ring (bicyclic) bond motifs is 1. The number of hydrogen-bond donors (Lipinski definition) is 1. The number of benzene rings is 1. The molecule has 0 aliphatic rings. The maximum absolute atomic E-state index is 11.1. The van der Waals surface area contributed by atoms with Crippen molar-refractivity contribution in [2.24, 2.45) is 7.05 Å². The Morgan fingerprint density at radius 2 is 2.10 bits per heavy atom. The van der Waals surface area contributed by atoms with Gasteiger partial charge in [-0.3, -0.25) is 4.68 Å². The number of aryl methyl sites for hydroxylation is 1. The Balaban J connectivity index is 2.14. The van der Waals surface area contributed by atoms with Crippen molar-refractivity contribution in [3.63, 3.8) is 0 Å². The van der Waals surface area contributed by atoms with E-state index < -0.39 is 5.97 Å². The second kappa shape index (κ2) is 4.93. The van der Waals surface area contributed by atoms with E-state index in [0.29, 0.717) is 10.5 Å². The Kier molecular flexibility index (Phi) is 3.11. The summed E-state index contributed by atoms with van der Waals surface area (Å²) in [7, 11) is 1.82. The van der Waals surface area contributed by atoms with Crippen LogP contribution >= 0.6 is 11.8 Å². The van der Waals surface area contributed by atoms with E-state index in [9.17, 15) is 4.79 Å². The first kappa shape index (κ1) is 12.6. The quantitative estimate of drug-likeness (QED) is 0.743. The molecule has 1 N–H and O–H groups in total. The van der Waals surface area contributed by atoms with Crippen molar-refractivity contribution < 1.29 is 9.90 Å². The Labute approximate surface area is 118 Å². The van der Waals surface area contributed by atoms with Crippen LogP contribution in [-0.4, -0.2) is 30.8 Å². The summed E-state index contributed by atoms with van der Waals surface area (Å²) in [5.74, 6) is -1.33. The van der Waals surface area contributed by atoms with Crippen LogP contribution in [0.5, 0.6) is 0 Å². The minimum Gasteiger partial charge on any atom is -0.475 e. The van der Waals surface area contributed by atoms with Crippen molar-refractivity contribution in [2.75, 3.05) is 0 Å². The van der Waals surface area contributed by atoms with Gasteiger partial charge >= 0.3 is 5.97 Å². The van der Waals surface area contributed by atoms with Crippen LogP contribution in [0.1, 0.15) is 10.6 Å². The molecular formula is C13H10N4O2S. The number of rotatable bonds is 3. The first-order valence-corrected chi connectivity index (χ1v) is 6.62. The van der Waals surface area contributed by atoms with Gasteiger partial charge in [0.1, 0.15) is 5.03 Å². The maximum atomic E-state index is 11.1. The molecule has 1 aromatic carbocycles. The van der Waals surface area contributed by atoms with Crippen LogP contribution in [0.15, 0.2) is 46.6 Å². The van der Waals surface area contributed by atoms with E-state index in [0.717, 1.165) is 10.3 Å². The Morgan fingerprint density at radius 1 is 1.30 bits per heavy atom.